The van der Waals surface area contributed by atoms with E-state index in [1.54, 1.807) is 168 Å². The van der Waals surface area contributed by atoms with Crippen molar-refractivity contribution in [1.82, 2.24) is 46.8 Å². The number of aliphatic carboxylic acids is 1. The first-order valence-corrected chi connectivity index (χ1v) is 51.0. The number of thioether (sulfide) groups is 1. The average Bonchev–Trinajstić information content (AvgIpc) is 1.60. The Labute approximate surface area is 858 Å². The van der Waals surface area contributed by atoms with Crippen molar-refractivity contribution in [1.29, 1.82) is 0 Å². The summed E-state index contributed by atoms with van der Waals surface area (Å²) in [7, 11) is -3.26. The van der Waals surface area contributed by atoms with E-state index < -0.39 is 76.2 Å². The third-order valence-electron chi connectivity index (χ3n) is 21.9. The third kappa shape index (κ3) is 26.2. The number of halogens is 2. The number of imidazole rings is 3. The van der Waals surface area contributed by atoms with Crippen molar-refractivity contribution in [2.75, 3.05) is 97.0 Å². The van der Waals surface area contributed by atoms with E-state index in [9.17, 15) is 48.1 Å². The molecule has 748 valence electrons. The molecule has 0 amide bonds. The van der Waals surface area contributed by atoms with Crippen LogP contribution in [-0.2, 0) is 103 Å². The van der Waals surface area contributed by atoms with Crippen LogP contribution in [0.25, 0.3) is 33.1 Å². The van der Waals surface area contributed by atoms with Gasteiger partial charge in [-0.2, -0.15) is 0 Å². The first kappa shape index (κ1) is 114. The quantitative estimate of drug-likeness (QED) is 0.0177. The number of carboxylic acids is 1. The number of pyridine rings is 4. The van der Waals surface area contributed by atoms with Gasteiger partial charge in [0.05, 0.1) is 174 Å². The number of methoxy groups -OCH3 is 9. The number of alkyl halides is 1. The third-order valence-corrected chi connectivity index (χ3v) is 31.9. The molecule has 1 fully saturated rings. The van der Waals surface area contributed by atoms with Gasteiger partial charge >= 0.3 is 47.5 Å². The normalized spacial score (nSPS) is 12.1. The van der Waals surface area contributed by atoms with Crippen LogP contribution in [0.15, 0.2) is 146 Å². The van der Waals surface area contributed by atoms with Crippen LogP contribution >= 0.6 is 35.8 Å². The minimum Gasteiger partial charge on any atom is -1.00 e. The summed E-state index contributed by atoms with van der Waals surface area (Å²) >= 11 is 6.96. The second-order valence-corrected chi connectivity index (χ2v) is 40.6. The van der Waals surface area contributed by atoms with Gasteiger partial charge in [0.25, 0.3) is 30.1 Å². The van der Waals surface area contributed by atoms with E-state index in [4.69, 9.17) is 68.8 Å². The van der Waals surface area contributed by atoms with Gasteiger partial charge in [-0.1, -0.05) is 11.8 Å². The molecule has 8 heterocycles. The molecule has 44 heteroatoms. The zero-order valence-electron chi connectivity index (χ0n) is 83.2. The van der Waals surface area contributed by atoms with Crippen molar-refractivity contribution in [3.8, 4) is 57.5 Å². The number of nitrogens with zero attached hydrogens (tertiary/aromatic N) is 10. The van der Waals surface area contributed by atoms with E-state index in [0.717, 1.165) is 77.4 Å². The average molecular weight is 2090 g/mol. The summed E-state index contributed by atoms with van der Waals surface area (Å²) in [5.74, 6) is 3.61. The van der Waals surface area contributed by atoms with Crippen molar-refractivity contribution in [3.63, 3.8) is 0 Å². The van der Waals surface area contributed by atoms with E-state index in [0.29, 0.717) is 124 Å². The first-order valence-electron chi connectivity index (χ1n) is 42.6. The van der Waals surface area contributed by atoms with E-state index in [2.05, 4.69) is 44.4 Å². The molecule has 1 aliphatic rings. The summed E-state index contributed by atoms with van der Waals surface area (Å²) in [5, 5.41) is 8.89. The van der Waals surface area contributed by atoms with Crippen LogP contribution < -0.4 is 76.9 Å². The molecule has 14 rings (SSSR count). The number of hydrogen-bond acceptors (Lipinski definition) is 32. The second-order valence-electron chi connectivity index (χ2n) is 31.5. The van der Waals surface area contributed by atoms with Crippen LogP contribution in [0, 0.1) is 96.9 Å². The molecule has 0 spiro atoms. The number of aryl methyl sites for hydroxylation is 10. The molecule has 0 bridgehead atoms. The summed E-state index contributed by atoms with van der Waals surface area (Å²) in [5.41, 5.74) is 13.8. The second kappa shape index (κ2) is 50.4. The SMILES string of the molecule is C1CCOC1.COC(=O)COc1cc(C)c(S(=O)(=O)n2c(S(=O)Cc3ncc(C)c(OC)c3C)nc3cc(OC)ccc32)c(C)c1.COC(=O)COc1cc(C)c(S(=O)(=O)n2c(SCc3ncc(C)c(OC)c3C)nc3cc(OC)ccc32)c(C)c1.COc1c(C)cnc(CCl)c1C.COc1ccc2c(c1)nc(S(=O)Cc1ncc(C)c(OC)c1C)n2S(=O)(=O)c1c(C)cc(OCC(=O)O)cc1C.Cl.[H-].[Na+]. The van der Waals surface area contributed by atoms with Crippen LogP contribution in [0.1, 0.15) is 115 Å². The van der Waals surface area contributed by atoms with Gasteiger partial charge in [-0.3, -0.25) is 28.4 Å². The minimum atomic E-state index is -4.35. The number of hydrogen-bond donors (Lipinski definition) is 1. The van der Waals surface area contributed by atoms with Crippen molar-refractivity contribution in [2.45, 2.75) is 163 Å². The van der Waals surface area contributed by atoms with E-state index in [-0.39, 0.29) is 121 Å². The number of rotatable bonds is 32. The number of carbonyl (C=O) groups excluding carboxylic acids is 2. The number of benzene rings is 6. The maximum Gasteiger partial charge on any atom is 1.00 e. The van der Waals surface area contributed by atoms with Gasteiger partial charge in [0.1, 0.15) is 57.5 Å². The fraction of sp³-hybridized carbons (Fsp3) is 0.354. The maximum atomic E-state index is 14.3. The maximum absolute atomic E-state index is 14.3. The number of esters is 2. The number of carboxylic acid groups (broad SMARTS) is 1. The molecule has 1 aliphatic heterocycles. The Balaban J connectivity index is 0.000000261. The van der Waals surface area contributed by atoms with Crippen molar-refractivity contribution >= 4 is 138 Å². The number of ether oxygens (including phenoxy) is 13. The Morgan fingerprint density at radius 3 is 1.00 bits per heavy atom. The molecule has 1 N–H and O–H groups in total. The van der Waals surface area contributed by atoms with Gasteiger partial charge in [0.2, 0.25) is 10.3 Å². The summed E-state index contributed by atoms with van der Waals surface area (Å²) in [6.45, 7) is 25.7. The number of carbonyl (C=O) groups is 3. The predicted molar refractivity (Wildman–Crippen MR) is 531 cm³/mol. The number of fused-ring (bicyclic) bond motifs is 3. The molecule has 35 nitrogen and oxygen atoms in total. The molecule has 2 unspecified atom stereocenters. The molecular formula is C96H113Cl2N10NaO25S6. The Hall–Kier alpha value is -11.2. The molecule has 1 saturated heterocycles. The van der Waals surface area contributed by atoms with Gasteiger partial charge in [-0.05, 0) is 216 Å². The molecule has 0 radical (unpaired) electrons. The molecule has 0 aliphatic carbocycles. The van der Waals surface area contributed by atoms with Crippen LogP contribution in [0.2, 0.25) is 0 Å². The van der Waals surface area contributed by atoms with Crippen LogP contribution in [0.4, 0.5) is 0 Å². The topological polar surface area (TPSA) is 433 Å². The van der Waals surface area contributed by atoms with Crippen LogP contribution in [0.3, 0.4) is 0 Å². The largest absolute Gasteiger partial charge is 1.00 e. The molecule has 2 atom stereocenters. The van der Waals surface area contributed by atoms with Gasteiger partial charge in [0, 0.05) is 106 Å². The summed E-state index contributed by atoms with van der Waals surface area (Å²) in [6, 6.07) is 23.7. The molecule has 13 aromatic rings. The van der Waals surface area contributed by atoms with E-state index >= 15 is 0 Å². The zero-order valence-corrected chi connectivity index (χ0v) is 90.7. The van der Waals surface area contributed by atoms with Gasteiger partial charge in [-0.25, -0.2) is 66.5 Å². The summed E-state index contributed by atoms with van der Waals surface area (Å²) < 4.78 is 185. The monoisotopic (exact) mass is 2090 g/mol. The summed E-state index contributed by atoms with van der Waals surface area (Å²) in [4.78, 5) is 65.3. The fourth-order valence-corrected chi connectivity index (χ4v) is 25.8. The van der Waals surface area contributed by atoms with Crippen molar-refractivity contribution in [3.05, 3.63) is 216 Å². The van der Waals surface area contributed by atoms with Gasteiger partial charge < -0.3 is 68.1 Å². The number of aromatic nitrogens is 10. The Morgan fingerprint density at radius 2 is 0.700 bits per heavy atom. The van der Waals surface area contributed by atoms with Crippen molar-refractivity contribution in [2.24, 2.45) is 0 Å². The van der Waals surface area contributed by atoms with Gasteiger partial charge in [0.15, 0.2) is 25.0 Å². The predicted octanol–water partition coefficient (Wildman–Crippen LogP) is 13.0. The van der Waals surface area contributed by atoms with Gasteiger partial charge in [-0.15, -0.1) is 24.0 Å². The Kier molecular flexibility index (Phi) is 41.1. The minimum absolute atomic E-state index is 0. The first-order chi connectivity index (χ1) is 65.5. The standard InChI is InChI=1S/C28H31N3O8S2.C28H31N3O7S2.C27H29N3O8S2.C9H12ClNO.C4H8O.ClH.Na.H/c1-16-10-21(39-14-25(32)37-6)11-17(2)27(16)41(34,35)31-24-9-8-20(36-5)12-22(24)30-28(31)40(33)15-23-19(4)26(38-7)18(3)13-29-23;1-16-10-21(38-14-25(32)36-6)11-17(2)27(16)40(33,34)31-24-9-8-20(35-5)12-22(24)30-28(31)39-15-23-19(4)26(37-7)18(3)13-29-23;1-15-9-20(38-13-24(31)32)10-16(2)26(15)40(34,35)30-23-8-7-19(36-5)11-21(23)29-27(30)39(33)14-22-18(4)25(37-6)17(3)12-28-22;1-6-5-11-8(4-10)7(2)9(6)12-3;1-2-4-5-3-1;;;/h8-13H,14-15H2,1-7H3;8-13H,14-15H2,1-7H3;7-12H,13-14H2,1-6H3,(H,31,32);5H,4H2,1-3H3;1-4H2;1H;;/q;;;;;;+1;-1. The fourth-order valence-electron chi connectivity index (χ4n) is 15.4. The molecular weight excluding hydrogens is 1980 g/mol. The van der Waals surface area contributed by atoms with Crippen LogP contribution in [-0.4, -0.2) is 201 Å². The smallest absolute Gasteiger partial charge is 1.00 e. The summed E-state index contributed by atoms with van der Waals surface area (Å²) in [6.07, 6.45) is 9.32. The molecule has 140 heavy (non-hydrogen) atoms. The molecule has 7 aromatic heterocycles. The Morgan fingerprint density at radius 1 is 0.407 bits per heavy atom. The zero-order chi connectivity index (χ0) is 101. The Bertz CT molecular complexity index is 7110. The van der Waals surface area contributed by atoms with E-state index in [1.165, 1.54) is 88.4 Å². The molecule has 6 aromatic carbocycles. The van der Waals surface area contributed by atoms with Crippen molar-refractivity contribution < 1.29 is 146 Å². The molecule has 0 saturated carbocycles. The van der Waals surface area contributed by atoms with E-state index in [1.807, 2.05) is 48.5 Å². The van der Waals surface area contributed by atoms with Crippen LogP contribution in [0.5, 0.6) is 57.5 Å².